The average molecular weight is 725 g/mol. The van der Waals surface area contributed by atoms with Crippen LogP contribution in [0.3, 0.4) is 0 Å². The zero-order valence-electron chi connectivity index (χ0n) is 25.0. The molecule has 0 spiro atoms. The lowest BCUT2D eigenvalue weighted by Gasteiger charge is -2.53. The van der Waals surface area contributed by atoms with Gasteiger partial charge in [-0.05, 0) is 121 Å². The molecule has 4 bridgehead atoms. The molecule has 45 heavy (non-hydrogen) atoms. The maximum Gasteiger partial charge on any atom is 0.408 e. The van der Waals surface area contributed by atoms with Crippen molar-refractivity contribution in [1.82, 2.24) is 15.6 Å². The zero-order chi connectivity index (χ0) is 31.7. The Morgan fingerprint density at radius 1 is 1.13 bits per heavy atom. The molecule has 0 saturated heterocycles. The molecule has 0 aliphatic heterocycles. The Balaban J connectivity index is 1.23. The van der Waals surface area contributed by atoms with E-state index in [9.17, 15) is 19.5 Å². The second kappa shape index (κ2) is 12.9. The number of carbonyl (C=O) groups is 3. The highest BCUT2D eigenvalue weighted by atomic mass is 127. The molecule has 4 fully saturated rings. The van der Waals surface area contributed by atoms with Crippen molar-refractivity contribution in [3.05, 3.63) is 73.8 Å². The number of ether oxygens (including phenoxy) is 1. The number of alkyl carbamates (subject to hydrolysis) is 1. The van der Waals surface area contributed by atoms with E-state index in [0.717, 1.165) is 59.5 Å². The van der Waals surface area contributed by atoms with Gasteiger partial charge in [-0.1, -0.05) is 35.4 Å². The number of fused-ring (bicyclic) bond motifs is 1. The number of carbonyl (C=O) groups excluding carboxylic acids is 2. The maximum atomic E-state index is 14.1. The van der Waals surface area contributed by atoms with Gasteiger partial charge in [0.15, 0.2) is 0 Å². The molecule has 236 valence electrons. The van der Waals surface area contributed by atoms with Gasteiger partial charge in [0.05, 0.1) is 12.1 Å². The highest BCUT2D eigenvalue weighted by molar-refractivity contribution is 14.1. The largest absolute Gasteiger partial charge is 0.481 e. The number of aromatic nitrogens is 1. The predicted molar refractivity (Wildman–Crippen MR) is 177 cm³/mol. The molecule has 0 radical (unpaired) electrons. The lowest BCUT2D eigenvalue weighted by Crippen LogP contribution is -2.61. The summed E-state index contributed by atoms with van der Waals surface area (Å²) in [6.07, 6.45) is 6.82. The number of benzene rings is 2. The number of nitrogens with zero attached hydrogens (tertiary/aromatic N) is 3. The van der Waals surface area contributed by atoms with Crippen molar-refractivity contribution in [2.24, 2.45) is 28.8 Å². The van der Waals surface area contributed by atoms with Crippen molar-refractivity contribution in [3.63, 3.8) is 0 Å². The number of aliphatic carboxylic acids is 1. The summed E-state index contributed by atoms with van der Waals surface area (Å²) in [4.78, 5) is 45.7. The van der Waals surface area contributed by atoms with Crippen LogP contribution in [0.1, 0.15) is 56.6 Å². The molecule has 0 unspecified atom stereocenters. The maximum absolute atomic E-state index is 14.1. The van der Waals surface area contributed by atoms with Gasteiger partial charge in [-0.3, -0.25) is 9.59 Å². The van der Waals surface area contributed by atoms with Gasteiger partial charge in [0, 0.05) is 38.0 Å². The van der Waals surface area contributed by atoms with Gasteiger partial charge in [-0.15, -0.1) is 0 Å². The summed E-state index contributed by atoms with van der Waals surface area (Å²) in [5.74, 6) is 0.646. The average Bonchev–Trinajstić information content (AvgIpc) is 3.38. The number of nitrogens with one attached hydrogen (secondary N) is 3. The minimum absolute atomic E-state index is 0.145. The lowest BCUT2D eigenvalue weighted by atomic mass is 9.55. The number of azide groups is 1. The smallest absolute Gasteiger partial charge is 0.408 e. The highest BCUT2D eigenvalue weighted by Crippen LogP contribution is 2.54. The fourth-order valence-electron chi connectivity index (χ4n) is 8.11. The summed E-state index contributed by atoms with van der Waals surface area (Å²) < 4.78 is 6.83. The SMILES string of the molecule is C[C@](Cc1c[nH]c2ccccc12)(NC(=O)OC1C2CC3CC(C2)CC1C3)C(=O)N[C@H](CC(=O)O)Cc1ccc(N=[N+]=[N-])c(I)c1. The van der Waals surface area contributed by atoms with Crippen LogP contribution in [0.15, 0.2) is 53.8 Å². The molecule has 7 rings (SSSR count). The number of para-hydroxylation sites is 1. The van der Waals surface area contributed by atoms with Crippen LogP contribution >= 0.6 is 22.6 Å². The van der Waals surface area contributed by atoms with E-state index >= 15 is 0 Å². The van der Waals surface area contributed by atoms with Crippen LogP contribution < -0.4 is 10.6 Å². The van der Waals surface area contributed by atoms with Gasteiger partial charge in [0.25, 0.3) is 0 Å². The second-order valence-electron chi connectivity index (χ2n) is 13.2. The van der Waals surface area contributed by atoms with Crippen LogP contribution in [-0.2, 0) is 27.2 Å². The third kappa shape index (κ3) is 6.91. The number of halogens is 1. The summed E-state index contributed by atoms with van der Waals surface area (Å²) in [5.41, 5.74) is 10.3. The molecule has 4 aliphatic carbocycles. The predicted octanol–water partition coefficient (Wildman–Crippen LogP) is 6.77. The zero-order valence-corrected chi connectivity index (χ0v) is 27.2. The number of H-pyrrole nitrogens is 1. The van der Waals surface area contributed by atoms with Crippen LogP contribution in [0, 0.1) is 27.2 Å². The Labute approximate surface area is 274 Å². The number of carboxylic acid groups (broad SMARTS) is 1. The minimum atomic E-state index is -1.44. The second-order valence-corrected chi connectivity index (χ2v) is 14.4. The number of aromatic amines is 1. The Morgan fingerprint density at radius 2 is 1.84 bits per heavy atom. The fraction of sp³-hybridized carbons (Fsp3) is 0.485. The quantitative estimate of drug-likeness (QED) is 0.0740. The third-order valence-corrected chi connectivity index (χ3v) is 10.7. The van der Waals surface area contributed by atoms with Gasteiger partial charge >= 0.3 is 12.1 Å². The van der Waals surface area contributed by atoms with Crippen molar-refractivity contribution >= 4 is 57.2 Å². The number of carboxylic acids is 1. The van der Waals surface area contributed by atoms with E-state index in [1.54, 1.807) is 25.1 Å². The topological polar surface area (TPSA) is 169 Å². The van der Waals surface area contributed by atoms with Gasteiger partial charge in [0.1, 0.15) is 11.6 Å². The molecule has 11 nitrogen and oxygen atoms in total. The first kappa shape index (κ1) is 31.2. The van der Waals surface area contributed by atoms with Crippen molar-refractivity contribution in [2.75, 3.05) is 0 Å². The molecule has 2 aromatic carbocycles. The normalized spacial score (nSPS) is 25.2. The Hall–Kier alpha value is -3.77. The minimum Gasteiger partial charge on any atom is -0.481 e. The molecule has 1 heterocycles. The van der Waals surface area contributed by atoms with E-state index in [2.05, 4.69) is 48.2 Å². The van der Waals surface area contributed by atoms with E-state index in [0.29, 0.717) is 21.1 Å². The molecule has 3 aromatic rings. The molecule has 4 saturated carbocycles. The Bertz CT molecular complexity index is 1640. The van der Waals surface area contributed by atoms with E-state index in [1.165, 1.54) is 6.42 Å². The Kier molecular flexibility index (Phi) is 8.96. The number of hydrogen-bond acceptors (Lipinski definition) is 5. The van der Waals surface area contributed by atoms with Gasteiger partial charge in [0.2, 0.25) is 5.91 Å². The summed E-state index contributed by atoms with van der Waals surface area (Å²) in [6.45, 7) is 1.66. The first-order valence-electron chi connectivity index (χ1n) is 15.5. The number of hydrogen-bond donors (Lipinski definition) is 4. The van der Waals surface area contributed by atoms with Crippen LogP contribution in [-0.4, -0.2) is 45.7 Å². The standard InChI is InChI=1S/C33H37IN6O5/c1-33(16-23-17-36-27-5-3-2-4-25(23)27,38-32(44)45-30-21-9-19-8-20(11-21)12-22(30)10-19)31(43)37-24(15-29(41)42)13-18-6-7-28(39-40-35)26(34)14-18/h2-7,14,17,19-22,24,30,36H,8-13,15-16H2,1H3,(H,37,43)(H,38,44)(H,41,42)/t19?,20?,21?,22?,24-,30?,33+/m0/s1. The Morgan fingerprint density at radius 3 is 2.51 bits per heavy atom. The van der Waals surface area contributed by atoms with Crippen LogP contribution in [0.25, 0.3) is 21.3 Å². The summed E-state index contributed by atoms with van der Waals surface area (Å²) >= 11 is 2.05. The van der Waals surface area contributed by atoms with Crippen LogP contribution in [0.5, 0.6) is 0 Å². The molecule has 4 N–H and O–H groups in total. The number of amides is 2. The molecule has 2 amide bonds. The van der Waals surface area contributed by atoms with Crippen molar-refractivity contribution in [1.29, 1.82) is 0 Å². The van der Waals surface area contributed by atoms with Gasteiger partial charge in [-0.2, -0.15) is 0 Å². The molecular weight excluding hydrogens is 687 g/mol. The number of rotatable bonds is 11. The van der Waals surface area contributed by atoms with E-state index < -0.39 is 29.6 Å². The molecule has 12 heteroatoms. The molecular formula is C33H37IN6O5. The molecule has 4 aliphatic rings. The van der Waals surface area contributed by atoms with Gasteiger partial charge < -0.3 is 25.5 Å². The van der Waals surface area contributed by atoms with E-state index in [1.807, 2.05) is 30.5 Å². The van der Waals surface area contributed by atoms with Crippen molar-refractivity contribution in [2.45, 2.75) is 76.0 Å². The lowest BCUT2D eigenvalue weighted by molar-refractivity contribution is -0.138. The van der Waals surface area contributed by atoms with E-state index in [4.69, 9.17) is 10.3 Å². The highest BCUT2D eigenvalue weighted by Gasteiger charge is 2.50. The summed E-state index contributed by atoms with van der Waals surface area (Å²) in [7, 11) is 0. The van der Waals surface area contributed by atoms with E-state index in [-0.39, 0.29) is 25.4 Å². The monoisotopic (exact) mass is 724 g/mol. The molecule has 1 aromatic heterocycles. The van der Waals surface area contributed by atoms with Crippen molar-refractivity contribution < 1.29 is 24.2 Å². The first-order valence-corrected chi connectivity index (χ1v) is 16.6. The van der Waals surface area contributed by atoms with Crippen LogP contribution in [0.4, 0.5) is 10.5 Å². The van der Waals surface area contributed by atoms with Gasteiger partial charge in [-0.25, -0.2) is 4.79 Å². The first-order chi connectivity index (χ1) is 21.6. The fourth-order valence-corrected chi connectivity index (χ4v) is 8.79. The molecule has 2 atom stereocenters. The third-order valence-electron chi connectivity index (χ3n) is 9.88. The summed E-state index contributed by atoms with van der Waals surface area (Å²) in [5, 5.41) is 20.2. The van der Waals surface area contributed by atoms with Crippen LogP contribution in [0.2, 0.25) is 0 Å². The summed E-state index contributed by atoms with van der Waals surface area (Å²) in [6, 6.07) is 12.2. The van der Waals surface area contributed by atoms with Crippen molar-refractivity contribution in [3.8, 4) is 0 Å².